The first-order valence-corrected chi connectivity index (χ1v) is 7.38. The molecule has 0 radical (unpaired) electrons. The van der Waals surface area contributed by atoms with Gasteiger partial charge in [0.1, 0.15) is 5.75 Å². The lowest BCUT2D eigenvalue weighted by molar-refractivity contribution is -0.124. The fourth-order valence-electron chi connectivity index (χ4n) is 2.38. The molecule has 0 aliphatic carbocycles. The number of amides is 1. The molecule has 1 atom stereocenters. The highest BCUT2D eigenvalue weighted by Gasteiger charge is 2.19. The third-order valence-corrected chi connectivity index (χ3v) is 3.63. The van der Waals surface area contributed by atoms with Crippen molar-refractivity contribution in [3.05, 3.63) is 53.9 Å². The summed E-state index contributed by atoms with van der Waals surface area (Å²) in [5, 5.41) is 12.7. The molecule has 3 N–H and O–H groups in total. The predicted octanol–water partition coefficient (Wildman–Crippen LogP) is 3.18. The quantitative estimate of drug-likeness (QED) is 0.661. The van der Waals surface area contributed by atoms with Gasteiger partial charge < -0.3 is 20.1 Å². The Morgan fingerprint density at radius 1 is 1.28 bits per heavy atom. The second kappa shape index (κ2) is 6.86. The van der Waals surface area contributed by atoms with Crippen LogP contribution in [0.2, 0.25) is 0 Å². The van der Waals surface area contributed by atoms with E-state index < -0.39 is 24.3 Å². The molecule has 0 spiro atoms. The molecule has 0 fully saturated rings. The van der Waals surface area contributed by atoms with Crippen molar-refractivity contribution in [2.24, 2.45) is 0 Å². The number of hydrogen-bond acceptors (Lipinski definition) is 4. The Morgan fingerprint density at radius 3 is 2.80 bits per heavy atom. The number of H-pyrrole nitrogens is 1. The molecule has 3 aromatic rings. The molecule has 0 aliphatic heterocycles. The number of carbonyl (C=O) groups excluding carboxylic acids is 1. The number of alkyl halides is 2. The molecule has 6 nitrogen and oxygen atoms in total. The number of carbonyl (C=O) groups is 1. The fourth-order valence-corrected chi connectivity index (χ4v) is 2.38. The molecule has 3 rings (SSSR count). The lowest BCUT2D eigenvalue weighted by Crippen LogP contribution is -2.20. The highest BCUT2D eigenvalue weighted by atomic mass is 19.3. The number of benzene rings is 2. The van der Waals surface area contributed by atoms with Gasteiger partial charge in [-0.2, -0.15) is 0 Å². The smallest absolute Gasteiger partial charge is 0.295 e. The minimum Gasteiger partial charge on any atom is -0.497 e. The average Bonchev–Trinajstić information content (AvgIpc) is 3.04. The molecule has 1 heterocycles. The zero-order chi connectivity index (χ0) is 18.0. The van der Waals surface area contributed by atoms with Gasteiger partial charge in [-0.3, -0.25) is 4.79 Å². The lowest BCUT2D eigenvalue weighted by Gasteiger charge is -2.12. The normalized spacial score (nSPS) is 12.4. The van der Waals surface area contributed by atoms with Crippen LogP contribution in [0.4, 0.5) is 14.5 Å². The van der Waals surface area contributed by atoms with Crippen molar-refractivity contribution in [2.75, 3.05) is 12.4 Å². The molecule has 130 valence electrons. The van der Waals surface area contributed by atoms with E-state index in [0.29, 0.717) is 28.0 Å². The molecule has 8 heteroatoms. The van der Waals surface area contributed by atoms with Crippen LogP contribution in [0.25, 0.3) is 11.0 Å². The van der Waals surface area contributed by atoms with E-state index in [9.17, 15) is 18.7 Å². The molecule has 1 aromatic heterocycles. The van der Waals surface area contributed by atoms with E-state index in [-0.39, 0.29) is 0 Å². The van der Waals surface area contributed by atoms with Gasteiger partial charge in [-0.15, -0.1) is 0 Å². The fraction of sp³-hybridized carbons (Fsp3) is 0.176. The van der Waals surface area contributed by atoms with Crippen molar-refractivity contribution in [3.63, 3.8) is 0 Å². The number of methoxy groups -OCH3 is 1. The van der Waals surface area contributed by atoms with E-state index in [1.807, 2.05) is 0 Å². The topological polar surface area (TPSA) is 87.2 Å². The number of fused-ring (bicyclic) bond motifs is 1. The highest BCUT2D eigenvalue weighted by Crippen LogP contribution is 2.24. The van der Waals surface area contributed by atoms with E-state index >= 15 is 0 Å². The second-order valence-electron chi connectivity index (χ2n) is 5.32. The number of imidazole rings is 1. The standard InChI is InChI=1S/C17H15F2N3O3/c1-25-11-4-2-3-9(7-11)14(23)17(24)20-10-5-6-12-13(8-10)22-16(21-12)15(18)19/h2-8,14-15,23H,1H3,(H,20,24)(H,21,22). The first-order chi connectivity index (χ1) is 12.0. The number of nitrogens with zero attached hydrogens (tertiary/aromatic N) is 1. The summed E-state index contributed by atoms with van der Waals surface area (Å²) < 4.78 is 30.4. The van der Waals surface area contributed by atoms with Gasteiger partial charge in [-0.05, 0) is 35.9 Å². The van der Waals surface area contributed by atoms with Crippen molar-refractivity contribution >= 4 is 22.6 Å². The molecule has 1 unspecified atom stereocenters. The van der Waals surface area contributed by atoms with Crippen LogP contribution >= 0.6 is 0 Å². The molecule has 0 saturated heterocycles. The number of aliphatic hydroxyl groups is 1. The molecular weight excluding hydrogens is 332 g/mol. The third kappa shape index (κ3) is 3.58. The number of hydrogen-bond donors (Lipinski definition) is 3. The minimum absolute atomic E-state index is 0.351. The van der Waals surface area contributed by atoms with Crippen molar-refractivity contribution in [1.82, 2.24) is 9.97 Å². The number of ether oxygens (including phenoxy) is 1. The Bertz CT molecular complexity index is 911. The van der Waals surface area contributed by atoms with Gasteiger partial charge in [0.05, 0.1) is 18.1 Å². The van der Waals surface area contributed by atoms with Crippen LogP contribution in [0.1, 0.15) is 23.9 Å². The van der Waals surface area contributed by atoms with Gasteiger partial charge in [0, 0.05) is 5.69 Å². The number of aromatic amines is 1. The van der Waals surface area contributed by atoms with Crippen molar-refractivity contribution in [2.45, 2.75) is 12.5 Å². The van der Waals surface area contributed by atoms with Crippen LogP contribution in [0.3, 0.4) is 0 Å². The summed E-state index contributed by atoms with van der Waals surface area (Å²) in [6, 6.07) is 11.0. The van der Waals surface area contributed by atoms with Crippen molar-refractivity contribution in [1.29, 1.82) is 0 Å². The average molecular weight is 347 g/mol. The monoisotopic (exact) mass is 347 g/mol. The SMILES string of the molecule is COc1cccc(C(O)C(=O)Nc2ccc3nc(C(F)F)[nH]c3c2)c1. The van der Waals surface area contributed by atoms with Crippen LogP contribution in [-0.2, 0) is 4.79 Å². The number of anilines is 1. The number of aromatic nitrogens is 2. The van der Waals surface area contributed by atoms with Crippen LogP contribution < -0.4 is 10.1 Å². The van der Waals surface area contributed by atoms with Crippen LogP contribution in [0.15, 0.2) is 42.5 Å². The van der Waals surface area contributed by atoms with Gasteiger partial charge in [-0.1, -0.05) is 12.1 Å². The van der Waals surface area contributed by atoms with E-state index in [2.05, 4.69) is 15.3 Å². The number of nitrogens with one attached hydrogen (secondary N) is 2. The van der Waals surface area contributed by atoms with Crippen molar-refractivity contribution < 1.29 is 23.4 Å². The van der Waals surface area contributed by atoms with E-state index in [1.54, 1.807) is 24.3 Å². The highest BCUT2D eigenvalue weighted by molar-refractivity contribution is 5.96. The van der Waals surface area contributed by atoms with Gasteiger partial charge >= 0.3 is 0 Å². The van der Waals surface area contributed by atoms with Gasteiger partial charge in [-0.25, -0.2) is 13.8 Å². The first-order valence-electron chi connectivity index (χ1n) is 7.38. The zero-order valence-electron chi connectivity index (χ0n) is 13.2. The van der Waals surface area contributed by atoms with Gasteiger partial charge in [0.25, 0.3) is 12.3 Å². The van der Waals surface area contributed by atoms with E-state index in [4.69, 9.17) is 4.74 Å². The zero-order valence-corrected chi connectivity index (χ0v) is 13.2. The summed E-state index contributed by atoms with van der Waals surface area (Å²) in [5.74, 6) is -0.571. The maximum absolute atomic E-state index is 12.7. The van der Waals surface area contributed by atoms with Crippen LogP contribution in [0.5, 0.6) is 5.75 Å². The Morgan fingerprint density at radius 2 is 2.08 bits per heavy atom. The van der Waals surface area contributed by atoms with E-state index in [1.165, 1.54) is 25.3 Å². The molecule has 1 amide bonds. The van der Waals surface area contributed by atoms with Crippen LogP contribution in [-0.4, -0.2) is 28.1 Å². The number of halogens is 2. The molecule has 0 aliphatic rings. The van der Waals surface area contributed by atoms with Gasteiger partial charge in [0.15, 0.2) is 11.9 Å². The molecule has 0 saturated carbocycles. The second-order valence-corrected chi connectivity index (χ2v) is 5.32. The summed E-state index contributed by atoms with van der Waals surface area (Å²) in [7, 11) is 1.48. The molecule has 0 bridgehead atoms. The van der Waals surface area contributed by atoms with Crippen LogP contribution in [0, 0.1) is 0 Å². The van der Waals surface area contributed by atoms with E-state index in [0.717, 1.165) is 0 Å². The van der Waals surface area contributed by atoms with Gasteiger partial charge in [0.2, 0.25) is 0 Å². The summed E-state index contributed by atoms with van der Waals surface area (Å²) in [6.07, 6.45) is -4.11. The summed E-state index contributed by atoms with van der Waals surface area (Å²) in [5.41, 5.74) is 1.45. The molecule has 2 aromatic carbocycles. The summed E-state index contributed by atoms with van der Waals surface area (Å²) in [6.45, 7) is 0. The maximum Gasteiger partial charge on any atom is 0.295 e. The van der Waals surface area contributed by atoms with Crippen molar-refractivity contribution in [3.8, 4) is 5.75 Å². The summed E-state index contributed by atoms with van der Waals surface area (Å²) in [4.78, 5) is 18.5. The largest absolute Gasteiger partial charge is 0.497 e. The molecular formula is C17H15F2N3O3. The predicted molar refractivity (Wildman–Crippen MR) is 87.6 cm³/mol. The Balaban J connectivity index is 1.78. The maximum atomic E-state index is 12.7. The Kier molecular flexibility index (Phi) is 4.62. The minimum atomic E-state index is -2.71. The molecule has 25 heavy (non-hydrogen) atoms. The summed E-state index contributed by atoms with van der Waals surface area (Å²) >= 11 is 0. The number of aliphatic hydroxyl groups excluding tert-OH is 1. The Hall–Kier alpha value is -3.00. The third-order valence-electron chi connectivity index (χ3n) is 3.63. The Labute approximate surface area is 141 Å². The number of rotatable bonds is 5. The lowest BCUT2D eigenvalue weighted by atomic mass is 10.1. The first kappa shape index (κ1) is 16.8.